The molecular formula is C27H32N6OS. The third-order valence-electron chi connectivity index (χ3n) is 5.39. The summed E-state index contributed by atoms with van der Waals surface area (Å²) in [7, 11) is 0. The number of rotatable bonds is 10. The lowest BCUT2D eigenvalue weighted by molar-refractivity contribution is -0.121. The summed E-state index contributed by atoms with van der Waals surface area (Å²) in [5.74, 6) is 0.383. The summed E-state index contributed by atoms with van der Waals surface area (Å²) in [5, 5.41) is 13.0. The highest BCUT2D eigenvalue weighted by atomic mass is 32.2. The van der Waals surface area contributed by atoms with E-state index < -0.39 is 0 Å². The molecule has 2 N–H and O–H groups in total. The summed E-state index contributed by atoms with van der Waals surface area (Å²) in [4.78, 5) is 22.8. The van der Waals surface area contributed by atoms with Crippen LogP contribution in [0, 0.1) is 0 Å². The van der Waals surface area contributed by atoms with E-state index in [1.807, 2.05) is 65.3 Å². The Labute approximate surface area is 210 Å². The molecule has 0 fully saturated rings. The SMILES string of the molecule is CC(C)Nc1nc(SC(C)C)nc2c1cnn2CCNC(=O)C(c1ccccc1)c1ccccc1. The Morgan fingerprint density at radius 3 is 2.14 bits per heavy atom. The Balaban J connectivity index is 1.53. The molecule has 0 atom stereocenters. The van der Waals surface area contributed by atoms with Crippen LogP contribution < -0.4 is 10.6 Å². The lowest BCUT2D eigenvalue weighted by atomic mass is 9.90. The summed E-state index contributed by atoms with van der Waals surface area (Å²) < 4.78 is 1.84. The third-order valence-corrected chi connectivity index (χ3v) is 6.26. The van der Waals surface area contributed by atoms with Gasteiger partial charge in [0, 0.05) is 17.8 Å². The van der Waals surface area contributed by atoms with Gasteiger partial charge in [-0.1, -0.05) is 86.3 Å². The second kappa shape index (κ2) is 11.4. The van der Waals surface area contributed by atoms with Crippen molar-refractivity contribution in [3.63, 3.8) is 0 Å². The van der Waals surface area contributed by atoms with Crippen molar-refractivity contribution >= 4 is 34.5 Å². The molecule has 2 heterocycles. The Morgan fingerprint density at radius 1 is 0.943 bits per heavy atom. The molecule has 0 aliphatic rings. The van der Waals surface area contributed by atoms with Crippen LogP contribution in [0.4, 0.5) is 5.82 Å². The van der Waals surface area contributed by atoms with Gasteiger partial charge in [-0.25, -0.2) is 14.6 Å². The number of fused-ring (bicyclic) bond motifs is 1. The Hall–Kier alpha value is -3.39. The zero-order valence-corrected chi connectivity index (χ0v) is 21.4. The zero-order valence-electron chi connectivity index (χ0n) is 20.6. The van der Waals surface area contributed by atoms with Gasteiger partial charge in [-0.05, 0) is 25.0 Å². The first-order valence-electron chi connectivity index (χ1n) is 12.0. The topological polar surface area (TPSA) is 84.7 Å². The van der Waals surface area contributed by atoms with Gasteiger partial charge in [0.2, 0.25) is 5.91 Å². The maximum atomic E-state index is 13.3. The van der Waals surface area contributed by atoms with E-state index in [1.165, 1.54) is 0 Å². The molecular weight excluding hydrogens is 456 g/mol. The summed E-state index contributed by atoms with van der Waals surface area (Å²) in [6, 6.07) is 20.0. The largest absolute Gasteiger partial charge is 0.367 e. The van der Waals surface area contributed by atoms with Crippen molar-refractivity contribution in [3.05, 3.63) is 78.0 Å². The Kier molecular flexibility index (Phi) is 8.02. The molecule has 0 radical (unpaired) electrons. The number of thioether (sulfide) groups is 1. The average Bonchev–Trinajstić information content (AvgIpc) is 3.23. The fraction of sp³-hybridized carbons (Fsp3) is 0.333. The molecule has 4 rings (SSSR count). The fourth-order valence-corrected chi connectivity index (χ4v) is 4.62. The standard InChI is InChI=1S/C27H32N6OS/c1-18(2)30-24-22-17-29-33(25(22)32-27(31-24)35-19(3)4)16-15-28-26(34)23(20-11-7-5-8-12-20)21-13-9-6-10-14-21/h5-14,17-19,23H,15-16H2,1-4H3,(H,28,34)(H,30,31,32). The monoisotopic (exact) mass is 488 g/mol. The normalized spacial score (nSPS) is 11.5. The van der Waals surface area contributed by atoms with Gasteiger partial charge in [-0.3, -0.25) is 4.79 Å². The van der Waals surface area contributed by atoms with Crippen LogP contribution in [0.1, 0.15) is 44.7 Å². The molecule has 8 heteroatoms. The first kappa shape index (κ1) is 24.7. The van der Waals surface area contributed by atoms with Crippen LogP contribution in [0.2, 0.25) is 0 Å². The fourth-order valence-electron chi connectivity index (χ4n) is 3.92. The molecule has 0 spiro atoms. The number of benzene rings is 2. The van der Waals surface area contributed by atoms with E-state index in [9.17, 15) is 4.79 Å². The van der Waals surface area contributed by atoms with Crippen molar-refractivity contribution in [3.8, 4) is 0 Å². The van der Waals surface area contributed by atoms with Crippen LogP contribution in [0.5, 0.6) is 0 Å². The van der Waals surface area contributed by atoms with Crippen molar-refractivity contribution < 1.29 is 4.79 Å². The summed E-state index contributed by atoms with van der Waals surface area (Å²) in [6.07, 6.45) is 1.79. The molecule has 4 aromatic rings. The number of nitrogens with zero attached hydrogens (tertiary/aromatic N) is 4. The van der Waals surface area contributed by atoms with Crippen LogP contribution >= 0.6 is 11.8 Å². The summed E-state index contributed by atoms with van der Waals surface area (Å²) >= 11 is 1.62. The number of hydrogen-bond acceptors (Lipinski definition) is 6. The maximum absolute atomic E-state index is 13.3. The van der Waals surface area contributed by atoms with E-state index >= 15 is 0 Å². The second-order valence-electron chi connectivity index (χ2n) is 8.97. The number of amides is 1. The molecule has 7 nitrogen and oxygen atoms in total. The van der Waals surface area contributed by atoms with Gasteiger partial charge in [0.1, 0.15) is 5.82 Å². The predicted octanol–water partition coefficient (Wildman–Crippen LogP) is 5.10. The summed E-state index contributed by atoms with van der Waals surface area (Å²) in [5.41, 5.74) is 2.70. The number of nitrogens with one attached hydrogen (secondary N) is 2. The van der Waals surface area contributed by atoms with Crippen molar-refractivity contribution in [1.29, 1.82) is 0 Å². The van der Waals surface area contributed by atoms with E-state index in [2.05, 4.69) is 43.4 Å². The molecule has 182 valence electrons. The van der Waals surface area contributed by atoms with Crippen molar-refractivity contribution in [2.45, 2.75) is 56.6 Å². The highest BCUT2D eigenvalue weighted by Crippen LogP contribution is 2.27. The molecule has 2 aromatic heterocycles. The molecule has 0 saturated carbocycles. The molecule has 0 saturated heterocycles. The minimum atomic E-state index is -0.370. The van der Waals surface area contributed by atoms with Crippen molar-refractivity contribution in [2.24, 2.45) is 0 Å². The third kappa shape index (κ3) is 6.19. The maximum Gasteiger partial charge on any atom is 0.232 e. The zero-order chi connectivity index (χ0) is 24.8. The number of carbonyl (C=O) groups is 1. The second-order valence-corrected chi connectivity index (χ2v) is 10.5. The predicted molar refractivity (Wildman–Crippen MR) is 143 cm³/mol. The Bertz CT molecular complexity index is 1220. The highest BCUT2D eigenvalue weighted by Gasteiger charge is 2.22. The molecule has 0 aliphatic heterocycles. The van der Waals surface area contributed by atoms with E-state index in [4.69, 9.17) is 9.97 Å². The molecule has 2 aromatic carbocycles. The lowest BCUT2D eigenvalue weighted by Gasteiger charge is -2.18. The van der Waals surface area contributed by atoms with Gasteiger partial charge in [0.15, 0.2) is 10.8 Å². The molecule has 0 bridgehead atoms. The quantitative estimate of drug-likeness (QED) is 0.239. The smallest absolute Gasteiger partial charge is 0.232 e. The van der Waals surface area contributed by atoms with E-state index in [0.29, 0.717) is 18.3 Å². The number of hydrogen-bond donors (Lipinski definition) is 2. The molecule has 35 heavy (non-hydrogen) atoms. The van der Waals surface area contributed by atoms with Crippen LogP contribution in [-0.2, 0) is 11.3 Å². The molecule has 0 unspecified atom stereocenters. The summed E-state index contributed by atoms with van der Waals surface area (Å²) in [6.45, 7) is 9.36. The first-order valence-corrected chi connectivity index (χ1v) is 12.8. The van der Waals surface area contributed by atoms with Crippen molar-refractivity contribution in [1.82, 2.24) is 25.1 Å². The van der Waals surface area contributed by atoms with Crippen molar-refractivity contribution in [2.75, 3.05) is 11.9 Å². The van der Waals surface area contributed by atoms with Gasteiger partial charge in [0.05, 0.1) is 24.0 Å². The number of carbonyl (C=O) groups excluding carboxylic acids is 1. The van der Waals surface area contributed by atoms with E-state index in [1.54, 1.807) is 18.0 Å². The van der Waals surface area contributed by atoms with Gasteiger partial charge < -0.3 is 10.6 Å². The van der Waals surface area contributed by atoms with E-state index in [-0.39, 0.29) is 17.9 Å². The Morgan fingerprint density at radius 2 is 1.57 bits per heavy atom. The van der Waals surface area contributed by atoms with Gasteiger partial charge in [-0.15, -0.1) is 0 Å². The number of aromatic nitrogens is 4. The molecule has 0 aliphatic carbocycles. The minimum Gasteiger partial charge on any atom is -0.367 e. The first-order chi connectivity index (χ1) is 16.9. The number of anilines is 1. The molecule has 1 amide bonds. The van der Waals surface area contributed by atoms with E-state index in [0.717, 1.165) is 33.1 Å². The van der Waals surface area contributed by atoms with Crippen LogP contribution in [-0.4, -0.2) is 43.5 Å². The van der Waals surface area contributed by atoms with Crippen LogP contribution in [0.25, 0.3) is 11.0 Å². The van der Waals surface area contributed by atoms with Crippen LogP contribution in [0.3, 0.4) is 0 Å². The average molecular weight is 489 g/mol. The van der Waals surface area contributed by atoms with Gasteiger partial charge in [-0.2, -0.15) is 5.10 Å². The minimum absolute atomic E-state index is 0.0355. The highest BCUT2D eigenvalue weighted by molar-refractivity contribution is 7.99. The lowest BCUT2D eigenvalue weighted by Crippen LogP contribution is -2.32. The van der Waals surface area contributed by atoms with Gasteiger partial charge >= 0.3 is 0 Å². The van der Waals surface area contributed by atoms with Gasteiger partial charge in [0.25, 0.3) is 0 Å². The van der Waals surface area contributed by atoms with Crippen LogP contribution in [0.15, 0.2) is 72.0 Å².